The third-order valence-corrected chi connectivity index (χ3v) is 5.53. The molecule has 2 aromatic carbocycles. The molecule has 0 radical (unpaired) electrons. The average molecular weight is 467 g/mol. The van der Waals surface area contributed by atoms with Crippen molar-refractivity contribution < 1.29 is 33.4 Å². The van der Waals surface area contributed by atoms with E-state index in [0.29, 0.717) is 18.0 Å². The Kier molecular flexibility index (Phi) is 7.19. The summed E-state index contributed by atoms with van der Waals surface area (Å²) in [7, 11) is 1.50. The molecule has 2 aliphatic heterocycles. The van der Waals surface area contributed by atoms with Crippen LogP contribution in [0.2, 0.25) is 0 Å². The summed E-state index contributed by atoms with van der Waals surface area (Å²) in [6.45, 7) is 1.24. The van der Waals surface area contributed by atoms with Crippen molar-refractivity contribution in [2.24, 2.45) is 0 Å². The summed E-state index contributed by atoms with van der Waals surface area (Å²) >= 11 is 0. The van der Waals surface area contributed by atoms with Crippen molar-refractivity contribution in [3.63, 3.8) is 0 Å². The fraction of sp³-hybridized carbons (Fsp3) is 0.333. The summed E-state index contributed by atoms with van der Waals surface area (Å²) in [6.07, 6.45) is 0.919. The van der Waals surface area contributed by atoms with Crippen molar-refractivity contribution in [3.8, 4) is 0 Å². The number of methoxy groups -OCH3 is 1. The van der Waals surface area contributed by atoms with E-state index in [9.17, 15) is 19.2 Å². The first-order chi connectivity index (χ1) is 16.5. The van der Waals surface area contributed by atoms with Crippen LogP contribution in [0.3, 0.4) is 0 Å². The summed E-state index contributed by atoms with van der Waals surface area (Å²) in [5, 5.41) is 5.30. The summed E-state index contributed by atoms with van der Waals surface area (Å²) in [4.78, 5) is 51.3. The van der Waals surface area contributed by atoms with Crippen molar-refractivity contribution in [2.75, 3.05) is 44.1 Å². The number of fused-ring (bicyclic) bond motifs is 1. The van der Waals surface area contributed by atoms with Gasteiger partial charge >= 0.3 is 6.09 Å². The minimum atomic E-state index is -0.644. The van der Waals surface area contributed by atoms with Crippen LogP contribution < -0.4 is 10.6 Å². The zero-order chi connectivity index (χ0) is 24.1. The Morgan fingerprint density at radius 3 is 2.53 bits per heavy atom. The molecule has 0 aromatic heterocycles. The number of benzene rings is 2. The molecule has 4 rings (SSSR count). The van der Waals surface area contributed by atoms with Gasteiger partial charge in [-0.25, -0.2) is 4.79 Å². The van der Waals surface area contributed by atoms with E-state index in [4.69, 9.17) is 14.2 Å². The second-order valence-corrected chi connectivity index (χ2v) is 7.90. The molecule has 0 saturated carbocycles. The van der Waals surface area contributed by atoms with Gasteiger partial charge < -0.3 is 19.5 Å². The first kappa shape index (κ1) is 23.4. The second kappa shape index (κ2) is 10.4. The van der Waals surface area contributed by atoms with Gasteiger partial charge in [0.15, 0.2) is 0 Å². The van der Waals surface area contributed by atoms with E-state index in [1.165, 1.54) is 30.2 Å². The number of amides is 4. The lowest BCUT2D eigenvalue weighted by atomic mass is 10.1. The van der Waals surface area contributed by atoms with Crippen LogP contribution in [0.15, 0.2) is 42.5 Å². The van der Waals surface area contributed by atoms with Gasteiger partial charge in [-0.05, 0) is 49.2 Å². The summed E-state index contributed by atoms with van der Waals surface area (Å²) in [6, 6.07) is 11.0. The third-order valence-electron chi connectivity index (χ3n) is 5.53. The summed E-state index contributed by atoms with van der Waals surface area (Å²) < 4.78 is 15.3. The van der Waals surface area contributed by atoms with Gasteiger partial charge in [-0.1, -0.05) is 6.07 Å². The third kappa shape index (κ3) is 5.24. The highest BCUT2D eigenvalue weighted by atomic mass is 16.6. The number of hydrogen-bond acceptors (Lipinski definition) is 7. The van der Waals surface area contributed by atoms with Crippen LogP contribution >= 0.6 is 0 Å². The number of nitrogens with one attached hydrogen (secondary N) is 2. The van der Waals surface area contributed by atoms with E-state index in [2.05, 4.69) is 10.6 Å². The lowest BCUT2D eigenvalue weighted by Gasteiger charge is -2.17. The molecule has 10 heteroatoms. The van der Waals surface area contributed by atoms with Crippen LogP contribution in [0, 0.1) is 0 Å². The van der Waals surface area contributed by atoms with Gasteiger partial charge in [0.2, 0.25) is 0 Å². The Balaban J connectivity index is 1.41. The van der Waals surface area contributed by atoms with Crippen LogP contribution in [0.5, 0.6) is 0 Å². The molecule has 1 fully saturated rings. The minimum Gasteiger partial charge on any atom is -0.447 e. The lowest BCUT2D eigenvalue weighted by Crippen LogP contribution is -2.36. The smallest absolute Gasteiger partial charge is 0.411 e. The first-order valence-corrected chi connectivity index (χ1v) is 10.9. The van der Waals surface area contributed by atoms with Crippen molar-refractivity contribution >= 4 is 35.2 Å². The molecular weight excluding hydrogens is 442 g/mol. The van der Waals surface area contributed by atoms with Crippen LogP contribution in [-0.4, -0.2) is 68.3 Å². The van der Waals surface area contributed by atoms with Gasteiger partial charge in [-0.2, -0.15) is 0 Å². The Morgan fingerprint density at radius 1 is 1.03 bits per heavy atom. The highest BCUT2D eigenvalue weighted by Crippen LogP contribution is 2.26. The zero-order valence-electron chi connectivity index (χ0n) is 18.7. The number of carbonyl (C=O) groups is 4. The maximum absolute atomic E-state index is 12.8. The minimum absolute atomic E-state index is 0.115. The Hall–Kier alpha value is -3.76. The van der Waals surface area contributed by atoms with E-state index in [1.54, 1.807) is 24.3 Å². The molecular formula is C24H25N3O7. The fourth-order valence-corrected chi connectivity index (χ4v) is 3.84. The quantitative estimate of drug-likeness (QED) is 0.452. The monoisotopic (exact) mass is 467 g/mol. The molecule has 10 nitrogen and oxygen atoms in total. The highest BCUT2D eigenvalue weighted by molar-refractivity contribution is 6.22. The standard InChI is InChI=1S/C24H25N3O7/c1-32-10-11-34-24(31)26-17-5-2-4-16(13-17)25-21(28)15-7-8-19-20(12-15)23(30)27(22(19)29)14-18-6-3-9-33-18/h2,4-5,7-8,12-13,18H,3,6,9-11,14H2,1H3,(H,25,28)(H,26,31). The van der Waals surface area contributed by atoms with E-state index < -0.39 is 17.9 Å². The number of imide groups is 1. The molecule has 2 aliphatic rings. The number of hydrogen-bond donors (Lipinski definition) is 2. The molecule has 2 N–H and O–H groups in total. The zero-order valence-corrected chi connectivity index (χ0v) is 18.7. The Bertz CT molecular complexity index is 1110. The molecule has 2 aromatic rings. The summed E-state index contributed by atoms with van der Waals surface area (Å²) in [5.74, 6) is -1.26. The molecule has 0 aliphatic carbocycles. The SMILES string of the molecule is COCCOC(=O)Nc1cccc(NC(=O)c2ccc3c(c2)C(=O)N(CC2CCCO2)C3=O)c1. The predicted octanol–water partition coefficient (Wildman–Crippen LogP) is 2.91. The maximum Gasteiger partial charge on any atom is 0.411 e. The number of rotatable bonds is 8. The van der Waals surface area contributed by atoms with E-state index in [1.807, 2.05) is 0 Å². The summed E-state index contributed by atoms with van der Waals surface area (Å²) in [5.41, 5.74) is 1.57. The molecule has 178 valence electrons. The largest absolute Gasteiger partial charge is 0.447 e. The maximum atomic E-state index is 12.8. The molecule has 2 heterocycles. The predicted molar refractivity (Wildman–Crippen MR) is 122 cm³/mol. The molecule has 1 saturated heterocycles. The van der Waals surface area contributed by atoms with E-state index in [-0.39, 0.29) is 48.5 Å². The topological polar surface area (TPSA) is 123 Å². The Labute approximate surface area is 196 Å². The van der Waals surface area contributed by atoms with Crippen LogP contribution in [0.4, 0.5) is 16.2 Å². The first-order valence-electron chi connectivity index (χ1n) is 10.9. The van der Waals surface area contributed by atoms with Gasteiger partial charge in [0.1, 0.15) is 6.61 Å². The van der Waals surface area contributed by atoms with Gasteiger partial charge in [0, 0.05) is 30.7 Å². The second-order valence-electron chi connectivity index (χ2n) is 7.90. The molecule has 1 unspecified atom stereocenters. The average Bonchev–Trinajstić information content (AvgIpc) is 3.42. The van der Waals surface area contributed by atoms with Crippen molar-refractivity contribution in [1.82, 2.24) is 4.90 Å². The van der Waals surface area contributed by atoms with Crippen molar-refractivity contribution in [2.45, 2.75) is 18.9 Å². The molecule has 34 heavy (non-hydrogen) atoms. The van der Waals surface area contributed by atoms with Crippen LogP contribution in [0.1, 0.15) is 43.9 Å². The highest BCUT2D eigenvalue weighted by Gasteiger charge is 2.37. The number of nitrogens with zero attached hydrogens (tertiary/aromatic N) is 1. The van der Waals surface area contributed by atoms with Gasteiger partial charge in [0.05, 0.1) is 30.4 Å². The van der Waals surface area contributed by atoms with Crippen LogP contribution in [-0.2, 0) is 14.2 Å². The number of ether oxygens (including phenoxy) is 3. The Morgan fingerprint density at radius 2 is 1.79 bits per heavy atom. The molecule has 4 amide bonds. The molecule has 0 spiro atoms. The van der Waals surface area contributed by atoms with Crippen molar-refractivity contribution in [3.05, 3.63) is 59.2 Å². The van der Waals surface area contributed by atoms with Gasteiger partial charge in [-0.15, -0.1) is 0 Å². The normalized spacial score (nSPS) is 17.0. The van der Waals surface area contributed by atoms with Crippen LogP contribution in [0.25, 0.3) is 0 Å². The molecule has 1 atom stereocenters. The van der Waals surface area contributed by atoms with E-state index in [0.717, 1.165) is 12.8 Å². The van der Waals surface area contributed by atoms with E-state index >= 15 is 0 Å². The fourth-order valence-electron chi connectivity index (χ4n) is 3.84. The van der Waals surface area contributed by atoms with Crippen molar-refractivity contribution in [1.29, 1.82) is 0 Å². The lowest BCUT2D eigenvalue weighted by molar-refractivity contribution is 0.0475. The molecule has 0 bridgehead atoms. The number of carbonyl (C=O) groups excluding carboxylic acids is 4. The van der Waals surface area contributed by atoms with Gasteiger partial charge in [-0.3, -0.25) is 24.6 Å². The number of anilines is 2. The van der Waals surface area contributed by atoms with Gasteiger partial charge in [0.25, 0.3) is 17.7 Å².